The number of carbonyl (C=O) groups is 2. The molecular formula is C14H24N2O3. The fourth-order valence-electron chi connectivity index (χ4n) is 3.51. The lowest BCUT2D eigenvalue weighted by atomic mass is 9.67. The Labute approximate surface area is 114 Å². The maximum absolute atomic E-state index is 12.8. The van der Waals surface area contributed by atoms with Gasteiger partial charge in [-0.3, -0.25) is 9.69 Å². The van der Waals surface area contributed by atoms with Crippen LogP contribution in [-0.2, 0) is 4.79 Å². The van der Waals surface area contributed by atoms with Crippen molar-refractivity contribution in [3.8, 4) is 0 Å². The van der Waals surface area contributed by atoms with Crippen LogP contribution in [0.15, 0.2) is 0 Å². The molecule has 108 valence electrons. The van der Waals surface area contributed by atoms with E-state index in [1.165, 1.54) is 4.90 Å². The number of rotatable bonds is 2. The first kappa shape index (κ1) is 14.3. The molecule has 2 fully saturated rings. The van der Waals surface area contributed by atoms with E-state index >= 15 is 0 Å². The number of nitrogens with zero attached hydrogens (tertiary/aromatic N) is 1. The van der Waals surface area contributed by atoms with Gasteiger partial charge in [-0.15, -0.1) is 0 Å². The lowest BCUT2D eigenvalue weighted by Crippen LogP contribution is -2.59. The maximum Gasteiger partial charge on any atom is 0.325 e. The Bertz CT molecular complexity index is 384. The van der Waals surface area contributed by atoms with Gasteiger partial charge in [-0.1, -0.05) is 20.3 Å². The van der Waals surface area contributed by atoms with Crippen molar-refractivity contribution in [3.63, 3.8) is 0 Å². The second kappa shape index (κ2) is 4.78. The van der Waals surface area contributed by atoms with Crippen molar-refractivity contribution >= 4 is 11.9 Å². The predicted octanol–water partition coefficient (Wildman–Crippen LogP) is 1.50. The van der Waals surface area contributed by atoms with Crippen LogP contribution in [0.4, 0.5) is 4.79 Å². The van der Waals surface area contributed by atoms with E-state index in [-0.39, 0.29) is 23.8 Å². The second-order valence-corrected chi connectivity index (χ2v) is 6.19. The number of amides is 3. The number of aliphatic hydroxyl groups is 1. The molecule has 1 heterocycles. The van der Waals surface area contributed by atoms with E-state index in [4.69, 9.17) is 0 Å². The molecule has 4 unspecified atom stereocenters. The average molecular weight is 268 g/mol. The van der Waals surface area contributed by atoms with Gasteiger partial charge in [0.15, 0.2) is 0 Å². The summed E-state index contributed by atoms with van der Waals surface area (Å²) in [6.07, 6.45) is 2.28. The van der Waals surface area contributed by atoms with E-state index in [0.29, 0.717) is 0 Å². The number of hydrogen-bond donors (Lipinski definition) is 2. The quantitative estimate of drug-likeness (QED) is 0.746. The van der Waals surface area contributed by atoms with Crippen LogP contribution in [0.2, 0.25) is 0 Å². The molecule has 2 N–H and O–H groups in total. The highest BCUT2D eigenvalue weighted by Crippen LogP contribution is 2.42. The number of hydrogen-bond acceptors (Lipinski definition) is 3. The van der Waals surface area contributed by atoms with Crippen molar-refractivity contribution < 1.29 is 14.7 Å². The minimum absolute atomic E-state index is 0.138. The largest absolute Gasteiger partial charge is 0.391 e. The number of nitrogens with one attached hydrogen (secondary N) is 1. The van der Waals surface area contributed by atoms with Crippen molar-refractivity contribution in [2.45, 2.75) is 64.6 Å². The second-order valence-electron chi connectivity index (χ2n) is 6.19. The smallest absolute Gasteiger partial charge is 0.325 e. The van der Waals surface area contributed by atoms with E-state index in [1.807, 2.05) is 13.8 Å². The zero-order valence-electron chi connectivity index (χ0n) is 12.1. The summed E-state index contributed by atoms with van der Waals surface area (Å²) in [7, 11) is 0. The Morgan fingerprint density at radius 2 is 1.79 bits per heavy atom. The molecular weight excluding hydrogens is 244 g/mol. The molecule has 1 aliphatic carbocycles. The van der Waals surface area contributed by atoms with Crippen molar-refractivity contribution in [2.75, 3.05) is 0 Å². The van der Waals surface area contributed by atoms with E-state index in [0.717, 1.165) is 19.3 Å². The van der Waals surface area contributed by atoms with Crippen LogP contribution < -0.4 is 5.32 Å². The van der Waals surface area contributed by atoms with Gasteiger partial charge >= 0.3 is 6.03 Å². The molecule has 1 saturated carbocycles. The zero-order valence-corrected chi connectivity index (χ0v) is 12.1. The van der Waals surface area contributed by atoms with Gasteiger partial charge in [0.2, 0.25) is 0 Å². The van der Waals surface area contributed by atoms with Gasteiger partial charge < -0.3 is 10.4 Å². The first-order valence-electron chi connectivity index (χ1n) is 7.16. The Hall–Kier alpha value is -1.10. The van der Waals surface area contributed by atoms with Gasteiger partial charge in [-0.2, -0.15) is 0 Å². The van der Waals surface area contributed by atoms with E-state index in [1.54, 1.807) is 13.8 Å². The third-order valence-corrected chi connectivity index (χ3v) is 5.04. The lowest BCUT2D eigenvalue weighted by molar-refractivity contribution is -0.139. The summed E-state index contributed by atoms with van der Waals surface area (Å²) in [4.78, 5) is 26.2. The van der Waals surface area contributed by atoms with Crippen LogP contribution in [0, 0.1) is 11.8 Å². The highest BCUT2D eigenvalue weighted by Gasteiger charge is 2.59. The summed E-state index contributed by atoms with van der Waals surface area (Å²) in [6, 6.07) is -0.854. The molecule has 19 heavy (non-hydrogen) atoms. The molecule has 0 aromatic rings. The van der Waals surface area contributed by atoms with Crippen LogP contribution in [0.1, 0.15) is 47.0 Å². The molecule has 2 aliphatic rings. The molecule has 0 bridgehead atoms. The topological polar surface area (TPSA) is 69.6 Å². The standard InChI is InChI=1S/C14H24N2O3/c1-8-6-5-7-9(2)14(8)12(18)16(13(19)15-14)10(3)11(4)17/h8-11,17H,5-7H2,1-4H3,(H,15,19). The number of aliphatic hydroxyl groups excluding tert-OH is 1. The number of imide groups is 1. The molecule has 0 radical (unpaired) electrons. The van der Waals surface area contributed by atoms with Crippen LogP contribution in [0.3, 0.4) is 0 Å². The zero-order chi connectivity index (χ0) is 14.4. The van der Waals surface area contributed by atoms with Crippen molar-refractivity contribution in [1.82, 2.24) is 10.2 Å². The summed E-state index contributed by atoms with van der Waals surface area (Å²) in [5, 5.41) is 12.6. The Morgan fingerprint density at radius 3 is 2.26 bits per heavy atom. The Balaban J connectivity index is 2.35. The minimum atomic E-state index is -0.765. The third-order valence-electron chi connectivity index (χ3n) is 5.04. The molecule has 1 saturated heterocycles. The van der Waals surface area contributed by atoms with Gasteiger partial charge in [0, 0.05) is 0 Å². The van der Waals surface area contributed by atoms with Crippen LogP contribution in [0.25, 0.3) is 0 Å². The molecule has 0 aromatic heterocycles. The fourth-order valence-corrected chi connectivity index (χ4v) is 3.51. The van der Waals surface area contributed by atoms with Gasteiger partial charge in [-0.25, -0.2) is 4.79 Å². The van der Waals surface area contributed by atoms with Crippen LogP contribution in [0.5, 0.6) is 0 Å². The summed E-state index contributed by atoms with van der Waals surface area (Å²) in [5.41, 5.74) is -0.765. The monoisotopic (exact) mass is 268 g/mol. The van der Waals surface area contributed by atoms with E-state index in [2.05, 4.69) is 5.32 Å². The van der Waals surface area contributed by atoms with Gasteiger partial charge in [0.05, 0.1) is 12.1 Å². The number of urea groups is 1. The molecule has 1 aliphatic heterocycles. The van der Waals surface area contributed by atoms with Crippen molar-refractivity contribution in [3.05, 3.63) is 0 Å². The predicted molar refractivity (Wildman–Crippen MR) is 71.4 cm³/mol. The van der Waals surface area contributed by atoms with Gasteiger partial charge in [0.25, 0.3) is 5.91 Å². The fraction of sp³-hybridized carbons (Fsp3) is 0.857. The van der Waals surface area contributed by atoms with Crippen LogP contribution >= 0.6 is 0 Å². The maximum atomic E-state index is 12.8. The molecule has 0 aromatic carbocycles. The molecule has 1 spiro atoms. The van der Waals surface area contributed by atoms with Gasteiger partial charge in [0.1, 0.15) is 5.54 Å². The molecule has 5 nitrogen and oxygen atoms in total. The summed E-state index contributed by atoms with van der Waals surface area (Å²) in [5.74, 6) is 0.114. The highest BCUT2D eigenvalue weighted by molar-refractivity contribution is 6.07. The number of carbonyl (C=O) groups excluding carboxylic acids is 2. The minimum Gasteiger partial charge on any atom is -0.391 e. The Morgan fingerprint density at radius 1 is 1.26 bits per heavy atom. The molecule has 5 heteroatoms. The SMILES string of the molecule is CC(O)C(C)N1C(=O)NC2(C1=O)C(C)CCCC2C. The third kappa shape index (κ3) is 1.95. The highest BCUT2D eigenvalue weighted by atomic mass is 16.3. The lowest BCUT2D eigenvalue weighted by Gasteiger charge is -2.42. The average Bonchev–Trinajstić information content (AvgIpc) is 2.59. The summed E-state index contributed by atoms with van der Waals surface area (Å²) < 4.78 is 0. The molecule has 3 amide bonds. The molecule has 4 atom stereocenters. The Kier molecular flexibility index (Phi) is 3.60. The first-order valence-corrected chi connectivity index (χ1v) is 7.16. The first-order chi connectivity index (χ1) is 8.82. The van der Waals surface area contributed by atoms with Crippen molar-refractivity contribution in [1.29, 1.82) is 0 Å². The van der Waals surface area contributed by atoms with Crippen molar-refractivity contribution in [2.24, 2.45) is 11.8 Å². The van der Waals surface area contributed by atoms with Crippen LogP contribution in [-0.4, -0.2) is 39.6 Å². The van der Waals surface area contributed by atoms with Gasteiger partial charge in [-0.05, 0) is 38.5 Å². The normalized spacial score (nSPS) is 38.5. The summed E-state index contributed by atoms with van der Waals surface area (Å²) >= 11 is 0. The summed E-state index contributed by atoms with van der Waals surface area (Å²) in [6.45, 7) is 7.37. The van der Waals surface area contributed by atoms with E-state index < -0.39 is 17.7 Å². The molecule has 2 rings (SSSR count). The van der Waals surface area contributed by atoms with E-state index in [9.17, 15) is 14.7 Å².